The van der Waals surface area contributed by atoms with Gasteiger partial charge in [-0.2, -0.15) is 13.2 Å². The summed E-state index contributed by atoms with van der Waals surface area (Å²) in [5, 5.41) is 6.98. The lowest BCUT2D eigenvalue weighted by atomic mass is 9.68. The van der Waals surface area contributed by atoms with Crippen molar-refractivity contribution in [2.75, 3.05) is 19.6 Å². The number of nitrogens with two attached hydrogens (primary N) is 1. The number of halogens is 3. The van der Waals surface area contributed by atoms with E-state index in [1.807, 2.05) is 0 Å². The van der Waals surface area contributed by atoms with Crippen LogP contribution < -0.4 is 5.73 Å². The van der Waals surface area contributed by atoms with E-state index in [0.29, 0.717) is 25.5 Å². The largest absolute Gasteiger partial charge is 0.451 e. The maximum Gasteiger partial charge on any atom is 0.451 e. The minimum atomic E-state index is -4.43. The number of alkyl halides is 3. The number of fused-ring (bicyclic) bond motifs is 1. The summed E-state index contributed by atoms with van der Waals surface area (Å²) in [7, 11) is 0. The maximum absolute atomic E-state index is 12.7. The maximum atomic E-state index is 12.7. The van der Waals surface area contributed by atoms with Crippen LogP contribution in [-0.2, 0) is 19.3 Å². The first-order valence-corrected chi connectivity index (χ1v) is 6.85. The van der Waals surface area contributed by atoms with Gasteiger partial charge in [0.15, 0.2) is 0 Å². The van der Waals surface area contributed by atoms with Gasteiger partial charge in [0.2, 0.25) is 5.82 Å². The van der Waals surface area contributed by atoms with Crippen LogP contribution in [0.4, 0.5) is 13.2 Å². The number of nitrogens with zero attached hydrogens (tertiary/aromatic N) is 4. The summed E-state index contributed by atoms with van der Waals surface area (Å²) < 4.78 is 39.4. The second kappa shape index (κ2) is 4.70. The van der Waals surface area contributed by atoms with Gasteiger partial charge in [0.05, 0.1) is 6.54 Å². The Labute approximate surface area is 114 Å². The Balaban J connectivity index is 1.72. The first kappa shape index (κ1) is 13.8. The Morgan fingerprint density at radius 3 is 2.50 bits per heavy atom. The average molecular weight is 289 g/mol. The Hall–Kier alpha value is -1.15. The third-order valence-corrected chi connectivity index (χ3v) is 4.49. The highest BCUT2D eigenvalue weighted by Crippen LogP contribution is 2.41. The molecule has 0 saturated heterocycles. The van der Waals surface area contributed by atoms with Crippen molar-refractivity contribution in [2.45, 2.75) is 38.5 Å². The van der Waals surface area contributed by atoms with Gasteiger partial charge in [0.1, 0.15) is 5.82 Å². The van der Waals surface area contributed by atoms with Gasteiger partial charge in [-0.15, -0.1) is 10.2 Å². The standard InChI is InChI=1S/C12H18F3N5/c13-12(14,15)10-18-17-9-6-19(4-5-20(9)10)8-11(7-16)2-1-3-11/h1-8,16H2. The topological polar surface area (TPSA) is 60.0 Å². The molecule has 0 atom stereocenters. The van der Waals surface area contributed by atoms with Crippen LogP contribution in [0.2, 0.25) is 0 Å². The fraction of sp³-hybridized carbons (Fsp3) is 0.833. The molecular formula is C12H18F3N5. The second-order valence-electron chi connectivity index (χ2n) is 5.86. The van der Waals surface area contributed by atoms with Crippen LogP contribution in [0.5, 0.6) is 0 Å². The molecule has 1 aromatic rings. The summed E-state index contributed by atoms with van der Waals surface area (Å²) >= 11 is 0. The predicted octanol–water partition coefficient (Wildman–Crippen LogP) is 1.24. The molecule has 0 amide bonds. The number of hydrogen-bond donors (Lipinski definition) is 1. The molecule has 0 aromatic carbocycles. The number of rotatable bonds is 3. The fourth-order valence-electron chi connectivity index (χ4n) is 3.13. The van der Waals surface area contributed by atoms with Crippen molar-refractivity contribution in [1.29, 1.82) is 0 Å². The number of aromatic nitrogens is 3. The minimum absolute atomic E-state index is 0.162. The molecule has 1 aliphatic carbocycles. The molecule has 1 aliphatic heterocycles. The quantitative estimate of drug-likeness (QED) is 0.909. The van der Waals surface area contributed by atoms with Crippen molar-refractivity contribution in [3.63, 3.8) is 0 Å². The molecule has 20 heavy (non-hydrogen) atoms. The van der Waals surface area contributed by atoms with E-state index in [2.05, 4.69) is 15.1 Å². The molecular weight excluding hydrogens is 271 g/mol. The van der Waals surface area contributed by atoms with Crippen molar-refractivity contribution < 1.29 is 13.2 Å². The highest BCUT2D eigenvalue weighted by molar-refractivity contribution is 5.03. The molecule has 2 heterocycles. The third kappa shape index (κ3) is 2.31. The summed E-state index contributed by atoms with van der Waals surface area (Å²) in [4.78, 5) is 2.15. The van der Waals surface area contributed by atoms with Crippen LogP contribution in [-0.4, -0.2) is 39.3 Å². The minimum Gasteiger partial charge on any atom is -0.330 e. The Bertz CT molecular complexity index is 486. The molecule has 0 spiro atoms. The molecule has 1 fully saturated rings. The van der Waals surface area contributed by atoms with Crippen LogP contribution >= 0.6 is 0 Å². The molecule has 1 aromatic heterocycles. The van der Waals surface area contributed by atoms with Gasteiger partial charge in [-0.05, 0) is 24.8 Å². The van der Waals surface area contributed by atoms with Crippen LogP contribution in [0.25, 0.3) is 0 Å². The van der Waals surface area contributed by atoms with Crippen molar-refractivity contribution in [3.05, 3.63) is 11.6 Å². The monoisotopic (exact) mass is 289 g/mol. The molecule has 112 valence electrons. The van der Waals surface area contributed by atoms with E-state index in [4.69, 9.17) is 5.73 Å². The van der Waals surface area contributed by atoms with Gasteiger partial charge in [-0.3, -0.25) is 4.90 Å². The summed E-state index contributed by atoms with van der Waals surface area (Å²) in [6.45, 7) is 2.79. The first-order chi connectivity index (χ1) is 9.43. The lowest BCUT2D eigenvalue weighted by Gasteiger charge is -2.45. The van der Waals surface area contributed by atoms with E-state index < -0.39 is 12.0 Å². The molecule has 2 aliphatic rings. The normalized spacial score (nSPS) is 22.4. The van der Waals surface area contributed by atoms with Crippen molar-refractivity contribution in [2.24, 2.45) is 11.1 Å². The van der Waals surface area contributed by atoms with Gasteiger partial charge < -0.3 is 10.3 Å². The van der Waals surface area contributed by atoms with E-state index in [0.717, 1.165) is 19.4 Å². The van der Waals surface area contributed by atoms with Crippen LogP contribution in [0.3, 0.4) is 0 Å². The summed E-state index contributed by atoms with van der Waals surface area (Å²) in [6, 6.07) is 0. The average Bonchev–Trinajstić information content (AvgIpc) is 2.76. The van der Waals surface area contributed by atoms with Gasteiger partial charge >= 0.3 is 6.18 Å². The Morgan fingerprint density at radius 2 is 1.95 bits per heavy atom. The highest BCUT2D eigenvalue weighted by atomic mass is 19.4. The van der Waals surface area contributed by atoms with Crippen LogP contribution in [0.15, 0.2) is 0 Å². The third-order valence-electron chi connectivity index (χ3n) is 4.49. The van der Waals surface area contributed by atoms with Gasteiger partial charge in [0.25, 0.3) is 0 Å². The van der Waals surface area contributed by atoms with Gasteiger partial charge in [-0.1, -0.05) is 6.42 Å². The molecule has 0 unspecified atom stereocenters. The number of hydrogen-bond acceptors (Lipinski definition) is 4. The first-order valence-electron chi connectivity index (χ1n) is 6.85. The lowest BCUT2D eigenvalue weighted by molar-refractivity contribution is -0.148. The van der Waals surface area contributed by atoms with Crippen LogP contribution in [0.1, 0.15) is 30.9 Å². The molecule has 2 N–H and O–H groups in total. The van der Waals surface area contributed by atoms with E-state index in [9.17, 15) is 13.2 Å². The van der Waals surface area contributed by atoms with Crippen molar-refractivity contribution in [1.82, 2.24) is 19.7 Å². The molecule has 0 radical (unpaired) electrons. The van der Waals surface area contributed by atoms with Gasteiger partial charge in [0, 0.05) is 19.6 Å². The van der Waals surface area contributed by atoms with Crippen LogP contribution in [0, 0.1) is 5.41 Å². The molecule has 1 saturated carbocycles. The van der Waals surface area contributed by atoms with E-state index >= 15 is 0 Å². The summed E-state index contributed by atoms with van der Waals surface area (Å²) in [5.41, 5.74) is 5.99. The van der Waals surface area contributed by atoms with E-state index in [-0.39, 0.29) is 12.0 Å². The molecule has 0 bridgehead atoms. The lowest BCUT2D eigenvalue weighted by Crippen LogP contribution is -2.49. The Morgan fingerprint density at radius 1 is 1.20 bits per heavy atom. The molecule has 8 heteroatoms. The smallest absolute Gasteiger partial charge is 0.330 e. The summed E-state index contributed by atoms with van der Waals surface area (Å²) in [6.07, 6.45) is -1.01. The van der Waals surface area contributed by atoms with E-state index in [1.54, 1.807) is 0 Å². The second-order valence-corrected chi connectivity index (χ2v) is 5.86. The van der Waals surface area contributed by atoms with Crippen molar-refractivity contribution in [3.8, 4) is 0 Å². The zero-order valence-corrected chi connectivity index (χ0v) is 11.2. The zero-order chi connectivity index (χ0) is 14.4. The SMILES string of the molecule is NCC1(CN2CCn3c(nnc3C(F)(F)F)C2)CCC1. The fourth-order valence-corrected chi connectivity index (χ4v) is 3.13. The van der Waals surface area contributed by atoms with Crippen molar-refractivity contribution >= 4 is 0 Å². The highest BCUT2D eigenvalue weighted by Gasteiger charge is 2.41. The zero-order valence-electron chi connectivity index (χ0n) is 11.2. The predicted molar refractivity (Wildman–Crippen MR) is 65.6 cm³/mol. The molecule has 3 rings (SSSR count). The van der Waals surface area contributed by atoms with E-state index in [1.165, 1.54) is 11.0 Å². The molecule has 5 nitrogen and oxygen atoms in total. The van der Waals surface area contributed by atoms with Gasteiger partial charge in [-0.25, -0.2) is 0 Å². The summed E-state index contributed by atoms with van der Waals surface area (Å²) in [5.74, 6) is -0.487. The Kier molecular flexibility index (Phi) is 3.24.